The Bertz CT molecular complexity index is 1110. The summed E-state index contributed by atoms with van der Waals surface area (Å²) in [4.78, 5) is 37.8. The van der Waals surface area contributed by atoms with Crippen molar-refractivity contribution in [2.45, 2.75) is 53.0 Å². The fourth-order valence-electron chi connectivity index (χ4n) is 4.86. The highest BCUT2D eigenvalue weighted by Crippen LogP contribution is 2.52. The molecule has 7 nitrogen and oxygen atoms in total. The van der Waals surface area contributed by atoms with Gasteiger partial charge in [-0.15, -0.1) is 0 Å². The molecule has 2 aromatic carbocycles. The molecule has 0 bridgehead atoms. The monoisotopic (exact) mass is 437 g/mol. The molecule has 0 unspecified atom stereocenters. The van der Waals surface area contributed by atoms with Crippen LogP contribution in [0, 0.1) is 0 Å². The zero-order valence-corrected chi connectivity index (χ0v) is 18.8. The lowest BCUT2D eigenvalue weighted by atomic mass is 9.76. The lowest BCUT2D eigenvalue weighted by molar-refractivity contribution is -0.134. The van der Waals surface area contributed by atoms with Gasteiger partial charge < -0.3 is 14.2 Å². The fraction of sp³-hybridized carbons (Fsp3) is 0.400. The number of esters is 3. The van der Waals surface area contributed by atoms with E-state index in [4.69, 9.17) is 14.2 Å². The minimum atomic E-state index is -0.508. The zero-order chi connectivity index (χ0) is 23.0. The van der Waals surface area contributed by atoms with Crippen molar-refractivity contribution in [2.24, 2.45) is 0 Å². The van der Waals surface area contributed by atoms with E-state index < -0.39 is 17.9 Å². The van der Waals surface area contributed by atoms with Crippen LogP contribution in [-0.2, 0) is 27.2 Å². The van der Waals surface area contributed by atoms with Gasteiger partial charge in [0.25, 0.3) is 0 Å². The molecular formula is C25H27NO6. The van der Waals surface area contributed by atoms with Crippen molar-refractivity contribution in [1.82, 2.24) is 4.90 Å². The molecule has 32 heavy (non-hydrogen) atoms. The second-order valence-corrected chi connectivity index (χ2v) is 8.26. The van der Waals surface area contributed by atoms with Gasteiger partial charge in [-0.25, -0.2) is 0 Å². The van der Waals surface area contributed by atoms with Crippen LogP contribution in [0.25, 0.3) is 11.1 Å². The van der Waals surface area contributed by atoms with E-state index in [-0.39, 0.29) is 17.5 Å². The number of ether oxygens (including phenoxy) is 3. The van der Waals surface area contributed by atoms with E-state index >= 15 is 0 Å². The number of rotatable bonds is 5. The first-order chi connectivity index (χ1) is 15.3. The van der Waals surface area contributed by atoms with Crippen LogP contribution in [0.2, 0.25) is 0 Å². The molecule has 1 aliphatic heterocycles. The summed E-state index contributed by atoms with van der Waals surface area (Å²) >= 11 is 0. The summed E-state index contributed by atoms with van der Waals surface area (Å²) in [6, 6.07) is 7.53. The van der Waals surface area contributed by atoms with Crippen molar-refractivity contribution >= 4 is 17.9 Å². The summed E-state index contributed by atoms with van der Waals surface area (Å²) in [5.41, 5.74) is 4.81. The molecule has 168 valence electrons. The Balaban J connectivity index is 1.98. The smallest absolute Gasteiger partial charge is 0.308 e. The molecular weight excluding hydrogens is 410 g/mol. The van der Waals surface area contributed by atoms with E-state index in [1.165, 1.54) is 20.8 Å². The van der Waals surface area contributed by atoms with Gasteiger partial charge in [-0.2, -0.15) is 0 Å². The van der Waals surface area contributed by atoms with Gasteiger partial charge in [0.1, 0.15) is 5.75 Å². The Morgan fingerprint density at radius 2 is 1.69 bits per heavy atom. The molecule has 1 heterocycles. The maximum absolute atomic E-state index is 12.0. The number of fused-ring (bicyclic) bond motifs is 2. The van der Waals surface area contributed by atoms with Crippen molar-refractivity contribution < 1.29 is 28.6 Å². The Hall–Kier alpha value is -3.19. The molecule has 1 atom stereocenters. The molecule has 2 aliphatic rings. The maximum atomic E-state index is 12.0. The van der Waals surface area contributed by atoms with E-state index in [9.17, 15) is 14.4 Å². The second-order valence-electron chi connectivity index (χ2n) is 8.26. The van der Waals surface area contributed by atoms with Crippen molar-refractivity contribution in [2.75, 3.05) is 13.1 Å². The summed E-state index contributed by atoms with van der Waals surface area (Å²) in [5.74, 6) is -0.546. The topological polar surface area (TPSA) is 82.1 Å². The Kier molecular flexibility index (Phi) is 6.02. The molecule has 0 fully saturated rings. The van der Waals surface area contributed by atoms with Crippen molar-refractivity contribution in [1.29, 1.82) is 0 Å². The highest BCUT2D eigenvalue weighted by Gasteiger charge is 2.37. The molecule has 0 saturated heterocycles. The summed E-state index contributed by atoms with van der Waals surface area (Å²) in [6.07, 6.45) is 2.62. The molecule has 1 aliphatic carbocycles. The van der Waals surface area contributed by atoms with Gasteiger partial charge in [-0.05, 0) is 66.3 Å². The van der Waals surface area contributed by atoms with Crippen molar-refractivity contribution in [3.05, 3.63) is 41.0 Å². The highest BCUT2D eigenvalue weighted by molar-refractivity contribution is 5.87. The Morgan fingerprint density at radius 3 is 2.34 bits per heavy atom. The molecule has 0 N–H and O–H groups in total. The molecule has 0 amide bonds. The SMILES string of the molecule is CCCN1CCc2cc(OC(C)=O)cc3c2[C@H]1Cc1ccc(OC(C)=O)c(OC(C)=O)c1-3. The number of carbonyl (C=O) groups excluding carboxylic acids is 3. The van der Waals surface area contributed by atoms with E-state index in [1.807, 2.05) is 18.2 Å². The molecule has 0 radical (unpaired) electrons. The van der Waals surface area contributed by atoms with Gasteiger partial charge in [0, 0.05) is 38.9 Å². The van der Waals surface area contributed by atoms with Crippen molar-refractivity contribution in [3.63, 3.8) is 0 Å². The van der Waals surface area contributed by atoms with E-state index in [2.05, 4.69) is 11.8 Å². The van der Waals surface area contributed by atoms with Crippen LogP contribution in [0.3, 0.4) is 0 Å². The van der Waals surface area contributed by atoms with Crippen LogP contribution >= 0.6 is 0 Å². The van der Waals surface area contributed by atoms with Gasteiger partial charge in [0.15, 0.2) is 11.5 Å². The van der Waals surface area contributed by atoms with Crippen molar-refractivity contribution in [3.8, 4) is 28.4 Å². The van der Waals surface area contributed by atoms with Gasteiger partial charge in [-0.1, -0.05) is 13.0 Å². The second kappa shape index (κ2) is 8.74. The van der Waals surface area contributed by atoms with Gasteiger partial charge >= 0.3 is 17.9 Å². The minimum Gasteiger partial charge on any atom is -0.427 e. The Labute approximate surface area is 187 Å². The van der Waals surface area contributed by atoms with Gasteiger partial charge in [0.05, 0.1) is 0 Å². The summed E-state index contributed by atoms with van der Waals surface area (Å²) in [7, 11) is 0. The lowest BCUT2D eigenvalue weighted by Crippen LogP contribution is -2.39. The number of nitrogens with zero attached hydrogens (tertiary/aromatic N) is 1. The minimum absolute atomic E-state index is 0.178. The first kappa shape index (κ1) is 22.0. The number of hydrogen-bond acceptors (Lipinski definition) is 7. The van der Waals surface area contributed by atoms with Crippen LogP contribution < -0.4 is 14.2 Å². The van der Waals surface area contributed by atoms with Gasteiger partial charge in [0.2, 0.25) is 0 Å². The van der Waals surface area contributed by atoms with Crippen LogP contribution in [0.1, 0.15) is 56.8 Å². The number of hydrogen-bond donors (Lipinski definition) is 0. The Morgan fingerprint density at radius 1 is 0.969 bits per heavy atom. The summed E-state index contributed by atoms with van der Waals surface area (Å²) in [5, 5.41) is 0. The van der Waals surface area contributed by atoms with Gasteiger partial charge in [-0.3, -0.25) is 19.3 Å². The van der Waals surface area contributed by atoms with Crippen LogP contribution in [0.5, 0.6) is 17.2 Å². The molecule has 0 saturated carbocycles. The zero-order valence-electron chi connectivity index (χ0n) is 18.8. The third-order valence-corrected chi connectivity index (χ3v) is 5.84. The fourth-order valence-corrected chi connectivity index (χ4v) is 4.86. The quantitative estimate of drug-likeness (QED) is 0.517. The van der Waals surface area contributed by atoms with Crippen LogP contribution in [-0.4, -0.2) is 35.9 Å². The number of benzene rings is 2. The maximum Gasteiger partial charge on any atom is 0.308 e. The average Bonchev–Trinajstić information content (AvgIpc) is 2.70. The molecule has 4 rings (SSSR count). The molecule has 0 spiro atoms. The predicted octanol–water partition coefficient (Wildman–Crippen LogP) is 3.99. The normalized spacial score (nSPS) is 16.6. The first-order valence-electron chi connectivity index (χ1n) is 10.9. The predicted molar refractivity (Wildman–Crippen MR) is 118 cm³/mol. The standard InChI is InChI=1S/C25H27NO6/c1-5-9-26-10-8-18-11-19(30-14(2)27)13-20-23(18)21(26)12-17-6-7-22(31-15(3)28)25(24(17)20)32-16(4)29/h6-7,11,13,21H,5,8-10,12H2,1-4H3/t21-/m1/s1. The van der Waals surface area contributed by atoms with Crippen LogP contribution in [0.4, 0.5) is 0 Å². The molecule has 0 aromatic heterocycles. The van der Waals surface area contributed by atoms with E-state index in [0.717, 1.165) is 54.6 Å². The molecule has 2 aromatic rings. The third-order valence-electron chi connectivity index (χ3n) is 5.84. The summed E-state index contributed by atoms with van der Waals surface area (Å²) < 4.78 is 16.4. The number of carbonyl (C=O) groups is 3. The largest absolute Gasteiger partial charge is 0.427 e. The van der Waals surface area contributed by atoms with E-state index in [1.54, 1.807) is 6.07 Å². The third kappa shape index (κ3) is 4.12. The lowest BCUT2D eigenvalue weighted by Gasteiger charge is -2.42. The van der Waals surface area contributed by atoms with E-state index in [0.29, 0.717) is 11.3 Å². The first-order valence-corrected chi connectivity index (χ1v) is 10.9. The average molecular weight is 437 g/mol. The molecule has 7 heteroatoms. The summed E-state index contributed by atoms with van der Waals surface area (Å²) in [6.45, 7) is 8.06. The highest BCUT2D eigenvalue weighted by atomic mass is 16.6. The van der Waals surface area contributed by atoms with Crippen LogP contribution in [0.15, 0.2) is 24.3 Å².